The van der Waals surface area contributed by atoms with E-state index in [9.17, 15) is 22.0 Å². The Hall–Kier alpha value is -3.12. The molecule has 5 rings (SSSR count). The van der Waals surface area contributed by atoms with Crippen molar-refractivity contribution >= 4 is 22.8 Å². The molecule has 0 atom stereocenters. The van der Waals surface area contributed by atoms with E-state index in [-0.39, 0.29) is 16.9 Å². The van der Waals surface area contributed by atoms with Crippen molar-refractivity contribution in [2.24, 2.45) is 5.41 Å². The van der Waals surface area contributed by atoms with Gasteiger partial charge in [-0.15, -0.1) is 0 Å². The molecule has 8 nitrogen and oxygen atoms in total. The van der Waals surface area contributed by atoms with Crippen LogP contribution < -0.4 is 9.80 Å². The second-order valence-corrected chi connectivity index (χ2v) is 8.37. The Kier molecular flexibility index (Phi) is 4.67. The quantitative estimate of drug-likeness (QED) is 0.561. The van der Waals surface area contributed by atoms with Crippen LogP contribution in [0.15, 0.2) is 18.5 Å². The molecule has 2 aliphatic heterocycles. The molecule has 0 saturated carbocycles. The molecule has 0 aliphatic carbocycles. The van der Waals surface area contributed by atoms with E-state index >= 15 is 0 Å². The van der Waals surface area contributed by atoms with E-state index in [2.05, 4.69) is 25.0 Å². The maximum atomic E-state index is 13.0. The third-order valence-electron chi connectivity index (χ3n) is 5.88. The van der Waals surface area contributed by atoms with Crippen LogP contribution in [0.4, 0.5) is 33.6 Å². The SMILES string of the molecule is Cc1cc(N2CC3(CCN(c4cnc5cnn(CC(F)F)c5n4)C3)C2)nc(C(F)(F)F)n1. The topological polar surface area (TPSA) is 75.9 Å². The van der Waals surface area contributed by atoms with Gasteiger partial charge in [0, 0.05) is 43.4 Å². The van der Waals surface area contributed by atoms with E-state index in [0.29, 0.717) is 43.2 Å². The molecule has 2 aliphatic rings. The van der Waals surface area contributed by atoms with Gasteiger partial charge in [0.2, 0.25) is 5.82 Å². The summed E-state index contributed by atoms with van der Waals surface area (Å²) in [6, 6.07) is 1.55. The maximum Gasteiger partial charge on any atom is 0.451 e. The van der Waals surface area contributed by atoms with Crippen molar-refractivity contribution in [3.63, 3.8) is 0 Å². The third kappa shape index (κ3) is 3.69. The van der Waals surface area contributed by atoms with Crippen molar-refractivity contribution in [1.82, 2.24) is 29.7 Å². The standard InChI is InChI=1S/C19H19F5N8/c1-11-4-14(29-17(27-11)19(22,23)24)31-9-18(10-31)2-3-30(8-18)15-6-25-12-5-26-32(7-13(20)21)16(12)28-15/h4-6,13H,2-3,7-10H2,1H3. The molecule has 2 saturated heterocycles. The number of hydrogen-bond donors (Lipinski definition) is 0. The molecule has 0 amide bonds. The number of nitrogens with zero attached hydrogens (tertiary/aromatic N) is 8. The van der Waals surface area contributed by atoms with Gasteiger partial charge in [0.15, 0.2) is 5.65 Å². The molecule has 3 aromatic rings. The number of halogens is 5. The molecule has 2 fully saturated rings. The maximum absolute atomic E-state index is 13.0. The Balaban J connectivity index is 1.30. The second-order valence-electron chi connectivity index (χ2n) is 8.37. The van der Waals surface area contributed by atoms with Gasteiger partial charge in [-0.05, 0) is 13.3 Å². The Bertz CT molecular complexity index is 1150. The highest BCUT2D eigenvalue weighted by molar-refractivity contribution is 5.71. The first-order valence-electron chi connectivity index (χ1n) is 10.0. The van der Waals surface area contributed by atoms with Crippen LogP contribution in [0, 0.1) is 12.3 Å². The Morgan fingerprint density at radius 1 is 1.03 bits per heavy atom. The van der Waals surface area contributed by atoms with Crippen molar-refractivity contribution in [2.45, 2.75) is 32.5 Å². The highest BCUT2D eigenvalue weighted by atomic mass is 19.4. The summed E-state index contributed by atoms with van der Waals surface area (Å²) in [4.78, 5) is 19.8. The zero-order chi connectivity index (χ0) is 22.7. The van der Waals surface area contributed by atoms with E-state index in [1.165, 1.54) is 13.1 Å². The van der Waals surface area contributed by atoms with Crippen molar-refractivity contribution < 1.29 is 22.0 Å². The minimum absolute atomic E-state index is 0.100. The van der Waals surface area contributed by atoms with E-state index < -0.39 is 25.0 Å². The number of hydrogen-bond acceptors (Lipinski definition) is 7. The lowest BCUT2D eigenvalue weighted by molar-refractivity contribution is -0.145. The first-order chi connectivity index (χ1) is 15.1. The molecule has 170 valence electrons. The number of aromatic nitrogens is 6. The lowest BCUT2D eigenvalue weighted by atomic mass is 9.79. The molecular weight excluding hydrogens is 435 g/mol. The van der Waals surface area contributed by atoms with E-state index in [1.54, 1.807) is 12.3 Å². The van der Waals surface area contributed by atoms with Crippen LogP contribution in [0.1, 0.15) is 17.9 Å². The zero-order valence-electron chi connectivity index (χ0n) is 17.0. The van der Waals surface area contributed by atoms with Crippen LogP contribution in [0.5, 0.6) is 0 Å². The van der Waals surface area contributed by atoms with E-state index in [1.807, 2.05) is 9.80 Å². The summed E-state index contributed by atoms with van der Waals surface area (Å²) in [7, 11) is 0. The summed E-state index contributed by atoms with van der Waals surface area (Å²) in [5, 5.41) is 3.93. The lowest BCUT2D eigenvalue weighted by Gasteiger charge is -2.48. The third-order valence-corrected chi connectivity index (χ3v) is 5.88. The minimum atomic E-state index is -4.60. The number of alkyl halides is 5. The minimum Gasteiger partial charge on any atom is -0.355 e. The molecule has 3 aromatic heterocycles. The number of anilines is 2. The smallest absolute Gasteiger partial charge is 0.355 e. The van der Waals surface area contributed by atoms with Crippen LogP contribution in [-0.4, -0.2) is 62.3 Å². The monoisotopic (exact) mass is 454 g/mol. The first-order valence-corrected chi connectivity index (χ1v) is 10.0. The first kappa shape index (κ1) is 20.8. The molecule has 0 bridgehead atoms. The number of fused-ring (bicyclic) bond motifs is 1. The van der Waals surface area contributed by atoms with E-state index in [4.69, 9.17) is 0 Å². The average Bonchev–Trinajstić information content (AvgIpc) is 3.30. The van der Waals surface area contributed by atoms with Gasteiger partial charge in [-0.1, -0.05) is 0 Å². The van der Waals surface area contributed by atoms with Crippen LogP contribution in [0.2, 0.25) is 0 Å². The average molecular weight is 454 g/mol. The van der Waals surface area contributed by atoms with Crippen LogP contribution >= 0.6 is 0 Å². The fourth-order valence-electron chi connectivity index (χ4n) is 4.41. The van der Waals surface area contributed by atoms with Crippen molar-refractivity contribution in [3.8, 4) is 0 Å². The fraction of sp³-hybridized carbons (Fsp3) is 0.526. The van der Waals surface area contributed by atoms with Gasteiger partial charge in [-0.25, -0.2) is 33.4 Å². The summed E-state index contributed by atoms with van der Waals surface area (Å²) < 4.78 is 65.8. The summed E-state index contributed by atoms with van der Waals surface area (Å²) in [6.07, 6.45) is -3.32. The van der Waals surface area contributed by atoms with Gasteiger partial charge in [0.25, 0.3) is 6.43 Å². The van der Waals surface area contributed by atoms with Gasteiger partial charge >= 0.3 is 6.18 Å². The molecule has 32 heavy (non-hydrogen) atoms. The molecule has 5 heterocycles. The summed E-state index contributed by atoms with van der Waals surface area (Å²) >= 11 is 0. The Morgan fingerprint density at radius 2 is 1.78 bits per heavy atom. The van der Waals surface area contributed by atoms with Gasteiger partial charge in [0.1, 0.15) is 23.7 Å². The molecule has 13 heteroatoms. The molecule has 0 radical (unpaired) electrons. The van der Waals surface area contributed by atoms with Gasteiger partial charge in [-0.2, -0.15) is 18.3 Å². The predicted molar refractivity (Wildman–Crippen MR) is 105 cm³/mol. The van der Waals surface area contributed by atoms with Crippen molar-refractivity contribution in [3.05, 3.63) is 30.0 Å². The van der Waals surface area contributed by atoms with Crippen LogP contribution in [0.3, 0.4) is 0 Å². The lowest BCUT2D eigenvalue weighted by Crippen LogP contribution is -2.58. The second kappa shape index (κ2) is 7.20. The highest BCUT2D eigenvalue weighted by Gasteiger charge is 2.49. The van der Waals surface area contributed by atoms with Crippen LogP contribution in [-0.2, 0) is 12.7 Å². The molecule has 1 spiro atoms. The van der Waals surface area contributed by atoms with Gasteiger partial charge in [0.05, 0.1) is 12.4 Å². The molecule has 0 unspecified atom stereocenters. The number of rotatable bonds is 4. The fourth-order valence-corrected chi connectivity index (χ4v) is 4.41. The van der Waals surface area contributed by atoms with Crippen LogP contribution in [0.25, 0.3) is 11.2 Å². The molecular formula is C19H19F5N8. The largest absolute Gasteiger partial charge is 0.451 e. The highest BCUT2D eigenvalue weighted by Crippen LogP contribution is 2.43. The van der Waals surface area contributed by atoms with Crippen molar-refractivity contribution in [2.75, 3.05) is 36.0 Å². The normalized spacial score (nSPS) is 18.2. The van der Waals surface area contributed by atoms with E-state index in [0.717, 1.165) is 11.1 Å². The Labute approximate surface area is 179 Å². The van der Waals surface area contributed by atoms with Crippen molar-refractivity contribution in [1.29, 1.82) is 0 Å². The Morgan fingerprint density at radius 3 is 2.50 bits per heavy atom. The summed E-state index contributed by atoms with van der Waals surface area (Å²) in [5.41, 5.74) is 0.907. The number of aryl methyl sites for hydroxylation is 1. The summed E-state index contributed by atoms with van der Waals surface area (Å²) in [6.45, 7) is 3.42. The molecule has 0 N–H and O–H groups in total. The predicted octanol–water partition coefficient (Wildman–Crippen LogP) is 2.93. The van der Waals surface area contributed by atoms with Gasteiger partial charge < -0.3 is 9.80 Å². The zero-order valence-corrected chi connectivity index (χ0v) is 17.0. The van der Waals surface area contributed by atoms with Gasteiger partial charge in [-0.3, -0.25) is 0 Å². The molecule has 0 aromatic carbocycles. The summed E-state index contributed by atoms with van der Waals surface area (Å²) in [5.74, 6) is -0.294.